The Hall–Kier alpha value is -0.120. The van der Waals surface area contributed by atoms with Gasteiger partial charge in [-0.3, -0.25) is 4.90 Å². The number of ether oxygens (including phenoxy) is 1. The summed E-state index contributed by atoms with van der Waals surface area (Å²) in [4.78, 5) is 2.71. The molecule has 3 nitrogen and oxygen atoms in total. The van der Waals surface area contributed by atoms with E-state index in [4.69, 9.17) is 4.74 Å². The maximum absolute atomic E-state index is 5.63. The van der Waals surface area contributed by atoms with Crippen LogP contribution in [0.3, 0.4) is 0 Å². The molecule has 18 heavy (non-hydrogen) atoms. The highest BCUT2D eigenvalue weighted by Crippen LogP contribution is 2.36. The van der Waals surface area contributed by atoms with E-state index in [2.05, 4.69) is 24.1 Å². The van der Waals surface area contributed by atoms with Crippen LogP contribution in [0.5, 0.6) is 0 Å². The number of nitrogens with zero attached hydrogens (tertiary/aromatic N) is 1. The van der Waals surface area contributed by atoms with Gasteiger partial charge in [0.1, 0.15) is 0 Å². The Labute approximate surface area is 112 Å². The average molecular weight is 254 g/mol. The van der Waals surface area contributed by atoms with Gasteiger partial charge in [-0.05, 0) is 44.2 Å². The maximum atomic E-state index is 5.63. The third-order valence-electron chi connectivity index (χ3n) is 4.80. The second kappa shape index (κ2) is 6.88. The molecule has 0 aromatic heterocycles. The van der Waals surface area contributed by atoms with Gasteiger partial charge in [0.15, 0.2) is 0 Å². The van der Waals surface area contributed by atoms with Crippen molar-refractivity contribution < 1.29 is 4.74 Å². The van der Waals surface area contributed by atoms with Crippen molar-refractivity contribution in [1.29, 1.82) is 0 Å². The van der Waals surface area contributed by atoms with Gasteiger partial charge in [-0.25, -0.2) is 0 Å². The van der Waals surface area contributed by atoms with Gasteiger partial charge in [-0.1, -0.05) is 20.3 Å². The normalized spacial score (nSPS) is 29.3. The molecule has 0 aromatic rings. The summed E-state index contributed by atoms with van der Waals surface area (Å²) in [6, 6.07) is 0.655. The van der Waals surface area contributed by atoms with E-state index in [-0.39, 0.29) is 0 Å². The van der Waals surface area contributed by atoms with Gasteiger partial charge in [0.25, 0.3) is 0 Å². The van der Waals surface area contributed by atoms with Crippen molar-refractivity contribution in [3.05, 3.63) is 0 Å². The van der Waals surface area contributed by atoms with Gasteiger partial charge in [-0.15, -0.1) is 0 Å². The molecular weight excluding hydrogens is 224 g/mol. The fraction of sp³-hybridized carbons (Fsp3) is 1.00. The van der Waals surface area contributed by atoms with Crippen molar-refractivity contribution in [3.63, 3.8) is 0 Å². The number of piperidine rings is 1. The number of hydrogen-bond acceptors (Lipinski definition) is 3. The third kappa shape index (κ3) is 3.46. The zero-order chi connectivity index (χ0) is 12.8. The Kier molecular flexibility index (Phi) is 5.46. The lowest BCUT2D eigenvalue weighted by Gasteiger charge is -2.45. The molecule has 0 bridgehead atoms. The SMILES string of the molecule is CCCC1(CN2CCOCC2CC)CCNCC1. The maximum Gasteiger partial charge on any atom is 0.0622 e. The van der Waals surface area contributed by atoms with E-state index in [0.29, 0.717) is 11.5 Å². The van der Waals surface area contributed by atoms with Crippen LogP contribution in [-0.4, -0.2) is 50.3 Å². The zero-order valence-electron chi connectivity index (χ0n) is 12.2. The summed E-state index contributed by atoms with van der Waals surface area (Å²) in [6.07, 6.45) is 6.65. The van der Waals surface area contributed by atoms with E-state index < -0.39 is 0 Å². The summed E-state index contributed by atoms with van der Waals surface area (Å²) in [5, 5.41) is 3.52. The van der Waals surface area contributed by atoms with E-state index in [9.17, 15) is 0 Å². The highest BCUT2D eigenvalue weighted by Gasteiger charge is 2.35. The second-order valence-corrected chi connectivity index (χ2v) is 6.11. The van der Waals surface area contributed by atoms with Crippen molar-refractivity contribution in [3.8, 4) is 0 Å². The minimum absolute atomic E-state index is 0.574. The molecule has 0 spiro atoms. The lowest BCUT2D eigenvalue weighted by molar-refractivity contribution is -0.0349. The van der Waals surface area contributed by atoms with E-state index >= 15 is 0 Å². The zero-order valence-corrected chi connectivity index (χ0v) is 12.2. The van der Waals surface area contributed by atoms with Crippen molar-refractivity contribution in [2.75, 3.05) is 39.4 Å². The Morgan fingerprint density at radius 2 is 2.06 bits per heavy atom. The van der Waals surface area contributed by atoms with E-state index in [1.54, 1.807) is 0 Å². The molecule has 0 amide bonds. The fourth-order valence-electron chi connectivity index (χ4n) is 3.68. The predicted molar refractivity (Wildman–Crippen MR) is 75.9 cm³/mol. The average Bonchev–Trinajstić information content (AvgIpc) is 2.40. The fourth-order valence-corrected chi connectivity index (χ4v) is 3.68. The molecule has 0 radical (unpaired) electrons. The van der Waals surface area contributed by atoms with Gasteiger partial charge >= 0.3 is 0 Å². The molecule has 0 aliphatic carbocycles. The molecule has 2 heterocycles. The Morgan fingerprint density at radius 3 is 2.72 bits per heavy atom. The molecule has 2 rings (SSSR count). The van der Waals surface area contributed by atoms with Gasteiger partial charge < -0.3 is 10.1 Å². The highest BCUT2D eigenvalue weighted by atomic mass is 16.5. The Balaban J connectivity index is 1.98. The molecule has 0 saturated carbocycles. The van der Waals surface area contributed by atoms with Gasteiger partial charge in [0, 0.05) is 19.1 Å². The molecule has 2 aliphatic rings. The monoisotopic (exact) mass is 254 g/mol. The first-order valence-corrected chi connectivity index (χ1v) is 7.82. The van der Waals surface area contributed by atoms with Gasteiger partial charge in [0.05, 0.1) is 13.2 Å². The summed E-state index contributed by atoms with van der Waals surface area (Å²) < 4.78 is 5.63. The largest absolute Gasteiger partial charge is 0.378 e. The van der Waals surface area contributed by atoms with E-state index in [0.717, 1.165) is 19.8 Å². The minimum Gasteiger partial charge on any atom is -0.378 e. The first-order chi connectivity index (χ1) is 8.79. The number of morpholine rings is 1. The van der Waals surface area contributed by atoms with Gasteiger partial charge in [-0.2, -0.15) is 0 Å². The Morgan fingerprint density at radius 1 is 1.28 bits per heavy atom. The standard InChI is InChI=1S/C15H30N2O/c1-3-5-15(6-8-16-9-7-15)13-17-10-11-18-12-14(17)4-2/h14,16H,3-13H2,1-2H3. The highest BCUT2D eigenvalue weighted by molar-refractivity contribution is 4.89. The van der Waals surface area contributed by atoms with Crippen molar-refractivity contribution in [2.24, 2.45) is 5.41 Å². The lowest BCUT2D eigenvalue weighted by atomic mass is 9.74. The quantitative estimate of drug-likeness (QED) is 0.814. The summed E-state index contributed by atoms with van der Waals surface area (Å²) >= 11 is 0. The molecule has 0 aromatic carbocycles. The van der Waals surface area contributed by atoms with Crippen LogP contribution in [-0.2, 0) is 4.74 Å². The van der Waals surface area contributed by atoms with Crippen molar-refractivity contribution in [2.45, 2.75) is 52.0 Å². The van der Waals surface area contributed by atoms with Crippen LogP contribution < -0.4 is 5.32 Å². The molecule has 1 N–H and O–H groups in total. The first-order valence-electron chi connectivity index (χ1n) is 7.82. The summed E-state index contributed by atoms with van der Waals surface area (Å²) in [7, 11) is 0. The van der Waals surface area contributed by atoms with Crippen LogP contribution in [0.2, 0.25) is 0 Å². The van der Waals surface area contributed by atoms with Gasteiger partial charge in [0.2, 0.25) is 0 Å². The van der Waals surface area contributed by atoms with E-state index in [1.165, 1.54) is 51.7 Å². The number of nitrogens with one attached hydrogen (secondary N) is 1. The predicted octanol–water partition coefficient (Wildman–Crippen LogP) is 2.27. The van der Waals surface area contributed by atoms with Crippen LogP contribution in [0.1, 0.15) is 46.0 Å². The molecule has 106 valence electrons. The summed E-state index contributed by atoms with van der Waals surface area (Å²) in [5.41, 5.74) is 0.574. The lowest BCUT2D eigenvalue weighted by Crippen LogP contribution is -2.52. The summed E-state index contributed by atoms with van der Waals surface area (Å²) in [6.45, 7) is 11.3. The van der Waals surface area contributed by atoms with Crippen molar-refractivity contribution >= 4 is 0 Å². The van der Waals surface area contributed by atoms with Crippen LogP contribution in [0, 0.1) is 5.41 Å². The topological polar surface area (TPSA) is 24.5 Å². The van der Waals surface area contributed by atoms with Crippen molar-refractivity contribution in [1.82, 2.24) is 10.2 Å². The molecule has 2 saturated heterocycles. The molecule has 2 fully saturated rings. The number of rotatable bonds is 5. The third-order valence-corrected chi connectivity index (χ3v) is 4.80. The minimum atomic E-state index is 0.574. The molecule has 1 unspecified atom stereocenters. The van der Waals surface area contributed by atoms with Crippen LogP contribution >= 0.6 is 0 Å². The second-order valence-electron chi connectivity index (χ2n) is 6.11. The molecular formula is C15H30N2O. The van der Waals surface area contributed by atoms with E-state index in [1.807, 2.05) is 0 Å². The molecule has 3 heteroatoms. The van der Waals surface area contributed by atoms with Crippen LogP contribution in [0.25, 0.3) is 0 Å². The Bertz CT molecular complexity index is 233. The van der Waals surface area contributed by atoms with Crippen LogP contribution in [0.15, 0.2) is 0 Å². The molecule has 2 aliphatic heterocycles. The first kappa shape index (κ1) is 14.3. The smallest absolute Gasteiger partial charge is 0.0622 e. The van der Waals surface area contributed by atoms with Crippen LogP contribution in [0.4, 0.5) is 0 Å². The number of hydrogen-bond donors (Lipinski definition) is 1. The summed E-state index contributed by atoms with van der Waals surface area (Å²) in [5.74, 6) is 0. The molecule has 1 atom stereocenters.